The number of hydrogen-bond acceptors (Lipinski definition) is 5. The highest BCUT2D eigenvalue weighted by molar-refractivity contribution is 5.92. The molecule has 0 aliphatic heterocycles. The first-order valence-corrected chi connectivity index (χ1v) is 8.17. The quantitative estimate of drug-likeness (QED) is 0.756. The average molecular weight is 343 g/mol. The zero-order valence-electron chi connectivity index (χ0n) is 15.1. The van der Waals surface area contributed by atoms with Crippen LogP contribution >= 0.6 is 0 Å². The molecule has 0 aliphatic rings. The standard InChI is InChI=1S/C19H25N3O3/c1-19(2,3)22-18(23)17-10-5-14(13-21-17)20-11-12-25-16-8-6-15(24-4)7-9-16/h5-10,13,20H,11-12H2,1-4H3,(H,22,23). The molecule has 0 saturated heterocycles. The van der Waals surface area contributed by atoms with Gasteiger partial charge in [0.15, 0.2) is 0 Å². The van der Waals surface area contributed by atoms with Crippen LogP contribution in [0.25, 0.3) is 0 Å². The van der Waals surface area contributed by atoms with Crippen molar-refractivity contribution in [3.05, 3.63) is 48.3 Å². The number of rotatable bonds is 7. The van der Waals surface area contributed by atoms with Crippen LogP contribution in [-0.4, -0.2) is 36.7 Å². The molecule has 0 bridgehead atoms. The Morgan fingerprint density at radius 1 is 1.08 bits per heavy atom. The van der Waals surface area contributed by atoms with Crippen LogP contribution in [-0.2, 0) is 0 Å². The summed E-state index contributed by atoms with van der Waals surface area (Å²) in [5.74, 6) is 1.41. The normalized spacial score (nSPS) is 10.9. The second-order valence-corrected chi connectivity index (χ2v) is 6.59. The van der Waals surface area contributed by atoms with Gasteiger partial charge in [-0.1, -0.05) is 0 Å². The maximum atomic E-state index is 12.0. The monoisotopic (exact) mass is 343 g/mol. The molecule has 1 aromatic carbocycles. The molecule has 1 aromatic heterocycles. The first-order valence-electron chi connectivity index (χ1n) is 8.17. The topological polar surface area (TPSA) is 72.5 Å². The fourth-order valence-electron chi connectivity index (χ4n) is 2.07. The predicted octanol–water partition coefficient (Wildman–Crippen LogP) is 3.11. The van der Waals surface area contributed by atoms with Crippen molar-refractivity contribution >= 4 is 11.6 Å². The van der Waals surface area contributed by atoms with E-state index in [0.29, 0.717) is 18.8 Å². The minimum atomic E-state index is -0.283. The van der Waals surface area contributed by atoms with Crippen LogP contribution in [0.15, 0.2) is 42.6 Å². The highest BCUT2D eigenvalue weighted by atomic mass is 16.5. The summed E-state index contributed by atoms with van der Waals surface area (Å²) in [4.78, 5) is 16.2. The second-order valence-electron chi connectivity index (χ2n) is 6.59. The molecule has 0 aliphatic carbocycles. The van der Waals surface area contributed by atoms with E-state index in [1.807, 2.05) is 51.1 Å². The largest absolute Gasteiger partial charge is 0.497 e. The Morgan fingerprint density at radius 3 is 2.32 bits per heavy atom. The molecule has 2 aromatic rings. The Morgan fingerprint density at radius 2 is 1.76 bits per heavy atom. The van der Waals surface area contributed by atoms with E-state index in [-0.39, 0.29) is 11.4 Å². The van der Waals surface area contributed by atoms with E-state index >= 15 is 0 Å². The second kappa shape index (κ2) is 8.37. The molecule has 25 heavy (non-hydrogen) atoms. The predicted molar refractivity (Wildman–Crippen MR) is 98.4 cm³/mol. The number of anilines is 1. The summed E-state index contributed by atoms with van der Waals surface area (Å²) >= 11 is 0. The van der Waals surface area contributed by atoms with Gasteiger partial charge in [-0.3, -0.25) is 4.79 Å². The molecular formula is C19H25N3O3. The molecule has 0 spiro atoms. The first-order chi connectivity index (χ1) is 11.9. The van der Waals surface area contributed by atoms with Gasteiger partial charge in [0.1, 0.15) is 23.8 Å². The van der Waals surface area contributed by atoms with Gasteiger partial charge in [0, 0.05) is 12.1 Å². The van der Waals surface area contributed by atoms with E-state index in [2.05, 4.69) is 15.6 Å². The van der Waals surface area contributed by atoms with Crippen LogP contribution < -0.4 is 20.1 Å². The lowest BCUT2D eigenvalue weighted by Gasteiger charge is -2.20. The lowest BCUT2D eigenvalue weighted by Crippen LogP contribution is -2.40. The highest BCUT2D eigenvalue weighted by Gasteiger charge is 2.15. The third kappa shape index (κ3) is 6.33. The molecule has 2 rings (SSSR count). The first kappa shape index (κ1) is 18.6. The summed E-state index contributed by atoms with van der Waals surface area (Å²) in [6.07, 6.45) is 1.64. The van der Waals surface area contributed by atoms with Gasteiger partial charge >= 0.3 is 0 Å². The molecular weight excluding hydrogens is 318 g/mol. The van der Waals surface area contributed by atoms with Crippen LogP contribution in [0, 0.1) is 0 Å². The number of amides is 1. The minimum Gasteiger partial charge on any atom is -0.497 e. The maximum Gasteiger partial charge on any atom is 0.270 e. The molecule has 0 saturated carbocycles. The third-order valence-electron chi connectivity index (χ3n) is 3.24. The number of pyridine rings is 1. The SMILES string of the molecule is COc1ccc(OCCNc2ccc(C(=O)NC(C)(C)C)nc2)cc1. The Hall–Kier alpha value is -2.76. The van der Waals surface area contributed by atoms with Crippen molar-refractivity contribution in [1.29, 1.82) is 0 Å². The molecule has 0 atom stereocenters. The van der Waals surface area contributed by atoms with Gasteiger partial charge in [0.25, 0.3) is 5.91 Å². The summed E-state index contributed by atoms with van der Waals surface area (Å²) < 4.78 is 10.7. The molecule has 1 amide bonds. The summed E-state index contributed by atoms with van der Waals surface area (Å²) in [5.41, 5.74) is 0.953. The van der Waals surface area contributed by atoms with Gasteiger partial charge in [0.05, 0.1) is 19.0 Å². The van der Waals surface area contributed by atoms with E-state index in [0.717, 1.165) is 17.2 Å². The summed E-state index contributed by atoms with van der Waals surface area (Å²) in [7, 11) is 1.63. The number of aromatic nitrogens is 1. The number of nitrogens with one attached hydrogen (secondary N) is 2. The van der Waals surface area contributed by atoms with E-state index in [1.54, 1.807) is 19.4 Å². The van der Waals surface area contributed by atoms with Gasteiger partial charge in [0.2, 0.25) is 0 Å². The smallest absolute Gasteiger partial charge is 0.270 e. The van der Waals surface area contributed by atoms with Crippen molar-refractivity contribution < 1.29 is 14.3 Å². The van der Waals surface area contributed by atoms with Crippen molar-refractivity contribution in [1.82, 2.24) is 10.3 Å². The van der Waals surface area contributed by atoms with Gasteiger partial charge in [-0.05, 0) is 57.2 Å². The van der Waals surface area contributed by atoms with E-state index in [4.69, 9.17) is 9.47 Å². The molecule has 0 radical (unpaired) electrons. The van der Waals surface area contributed by atoms with E-state index in [9.17, 15) is 4.79 Å². The van der Waals surface area contributed by atoms with Crippen molar-refractivity contribution in [3.8, 4) is 11.5 Å². The fourth-order valence-corrected chi connectivity index (χ4v) is 2.07. The Bertz CT molecular complexity index is 677. The summed E-state index contributed by atoms with van der Waals surface area (Å²) in [6.45, 7) is 6.94. The molecule has 6 heteroatoms. The van der Waals surface area contributed by atoms with Gasteiger partial charge in [-0.25, -0.2) is 4.98 Å². The number of carbonyl (C=O) groups is 1. The van der Waals surface area contributed by atoms with Crippen LogP contribution in [0.3, 0.4) is 0 Å². The molecule has 6 nitrogen and oxygen atoms in total. The zero-order valence-corrected chi connectivity index (χ0v) is 15.1. The Kier molecular flexibility index (Phi) is 6.22. The molecule has 0 unspecified atom stereocenters. The summed E-state index contributed by atoms with van der Waals surface area (Å²) in [6, 6.07) is 11.0. The molecule has 2 N–H and O–H groups in total. The van der Waals surface area contributed by atoms with Crippen LogP contribution in [0.5, 0.6) is 11.5 Å². The Labute approximate surface area is 148 Å². The maximum absolute atomic E-state index is 12.0. The van der Waals surface area contributed by atoms with Crippen molar-refractivity contribution in [2.75, 3.05) is 25.6 Å². The number of methoxy groups -OCH3 is 1. The third-order valence-corrected chi connectivity index (χ3v) is 3.24. The van der Waals surface area contributed by atoms with Crippen molar-refractivity contribution in [2.24, 2.45) is 0 Å². The van der Waals surface area contributed by atoms with Gasteiger partial charge in [-0.2, -0.15) is 0 Å². The number of ether oxygens (including phenoxy) is 2. The Balaban J connectivity index is 1.76. The highest BCUT2D eigenvalue weighted by Crippen LogP contribution is 2.16. The van der Waals surface area contributed by atoms with Crippen LogP contribution in [0.2, 0.25) is 0 Å². The minimum absolute atomic E-state index is 0.179. The molecule has 1 heterocycles. The lowest BCUT2D eigenvalue weighted by atomic mass is 10.1. The van der Waals surface area contributed by atoms with E-state index < -0.39 is 0 Å². The number of carbonyl (C=O) groups excluding carboxylic acids is 1. The van der Waals surface area contributed by atoms with Crippen LogP contribution in [0.1, 0.15) is 31.3 Å². The number of benzene rings is 1. The lowest BCUT2D eigenvalue weighted by molar-refractivity contribution is 0.0914. The van der Waals surface area contributed by atoms with Crippen LogP contribution in [0.4, 0.5) is 5.69 Å². The fraction of sp³-hybridized carbons (Fsp3) is 0.368. The average Bonchev–Trinajstić information content (AvgIpc) is 2.58. The number of hydrogen-bond donors (Lipinski definition) is 2. The number of nitrogens with zero attached hydrogens (tertiary/aromatic N) is 1. The molecule has 0 fully saturated rings. The van der Waals surface area contributed by atoms with Crippen molar-refractivity contribution in [2.45, 2.75) is 26.3 Å². The van der Waals surface area contributed by atoms with E-state index in [1.165, 1.54) is 0 Å². The van der Waals surface area contributed by atoms with Gasteiger partial charge < -0.3 is 20.1 Å². The van der Waals surface area contributed by atoms with Gasteiger partial charge in [-0.15, -0.1) is 0 Å². The van der Waals surface area contributed by atoms with Crippen molar-refractivity contribution in [3.63, 3.8) is 0 Å². The zero-order chi connectivity index (χ0) is 18.3. The molecule has 134 valence electrons. The summed E-state index contributed by atoms with van der Waals surface area (Å²) in [5, 5.41) is 6.09.